The van der Waals surface area contributed by atoms with Crippen molar-refractivity contribution < 1.29 is 4.42 Å². The van der Waals surface area contributed by atoms with Crippen LogP contribution in [0, 0.1) is 0 Å². The summed E-state index contributed by atoms with van der Waals surface area (Å²) in [5.74, 6) is 1.15. The van der Waals surface area contributed by atoms with Crippen LogP contribution in [-0.2, 0) is 0 Å². The maximum Gasteiger partial charge on any atom is 0.344 e. The molecule has 0 spiro atoms. The van der Waals surface area contributed by atoms with Crippen molar-refractivity contribution in [3.05, 3.63) is 64.1 Å². The third-order valence-electron chi connectivity index (χ3n) is 7.21. The molecule has 182 valence electrons. The number of aliphatic imine (C=N–C) groups is 1. The molecule has 3 heterocycles. The summed E-state index contributed by atoms with van der Waals surface area (Å²) in [6, 6.07) is 8.61. The largest absolute Gasteiger partial charge is 0.423 e. The second-order valence-electron chi connectivity index (χ2n) is 9.95. The lowest BCUT2D eigenvalue weighted by molar-refractivity contribution is 0.213. The molecule has 0 saturated carbocycles. The molecule has 0 bridgehead atoms. The Morgan fingerprint density at radius 2 is 1.91 bits per heavy atom. The van der Waals surface area contributed by atoms with E-state index in [0.717, 1.165) is 61.1 Å². The van der Waals surface area contributed by atoms with Crippen molar-refractivity contribution in [3.8, 4) is 0 Å². The molecule has 1 aromatic carbocycles. The Hall–Kier alpha value is -2.66. The van der Waals surface area contributed by atoms with Gasteiger partial charge in [0.05, 0.1) is 17.1 Å². The minimum Gasteiger partial charge on any atom is -0.423 e. The fourth-order valence-electron chi connectivity index (χ4n) is 5.41. The van der Waals surface area contributed by atoms with E-state index in [4.69, 9.17) is 4.42 Å². The summed E-state index contributed by atoms with van der Waals surface area (Å²) in [5.41, 5.74) is 4.06. The Bertz CT molecular complexity index is 1170. The molecule has 2 aromatic rings. The van der Waals surface area contributed by atoms with Gasteiger partial charge >= 0.3 is 5.63 Å². The van der Waals surface area contributed by atoms with Crippen molar-refractivity contribution in [3.63, 3.8) is 0 Å². The van der Waals surface area contributed by atoms with Gasteiger partial charge in [-0.2, -0.15) is 0 Å². The van der Waals surface area contributed by atoms with Crippen molar-refractivity contribution in [2.75, 3.05) is 19.6 Å². The molecule has 1 fully saturated rings. The van der Waals surface area contributed by atoms with Gasteiger partial charge in [0.15, 0.2) is 0 Å². The normalized spacial score (nSPS) is 20.6. The van der Waals surface area contributed by atoms with Gasteiger partial charge in [0.1, 0.15) is 5.76 Å². The molecule has 1 aromatic heterocycles. The minimum absolute atomic E-state index is 0.238. The number of nitrogens with zero attached hydrogens (tertiary/aromatic N) is 3. The summed E-state index contributed by atoms with van der Waals surface area (Å²) in [5, 5.41) is 1.63. The first-order valence-corrected chi connectivity index (χ1v) is 12.9. The van der Waals surface area contributed by atoms with E-state index < -0.39 is 0 Å². The number of benzene rings is 1. The Morgan fingerprint density at radius 1 is 1.15 bits per heavy atom. The Balaban J connectivity index is 1.58. The van der Waals surface area contributed by atoms with Crippen molar-refractivity contribution in [1.29, 1.82) is 0 Å². The highest BCUT2D eigenvalue weighted by molar-refractivity contribution is 5.89. The molecule has 0 amide bonds. The number of likely N-dealkylation sites (tertiary alicyclic amines) is 1. The van der Waals surface area contributed by atoms with Gasteiger partial charge in [-0.25, -0.2) is 4.79 Å². The summed E-state index contributed by atoms with van der Waals surface area (Å²) in [7, 11) is 0. The Morgan fingerprint density at radius 3 is 2.62 bits per heavy atom. The zero-order valence-electron chi connectivity index (χ0n) is 21.4. The first-order valence-electron chi connectivity index (χ1n) is 12.9. The van der Waals surface area contributed by atoms with E-state index >= 15 is 0 Å². The van der Waals surface area contributed by atoms with Gasteiger partial charge < -0.3 is 14.2 Å². The zero-order valence-corrected chi connectivity index (χ0v) is 21.4. The van der Waals surface area contributed by atoms with Gasteiger partial charge in [-0.3, -0.25) is 4.99 Å². The van der Waals surface area contributed by atoms with Crippen molar-refractivity contribution in [1.82, 2.24) is 9.80 Å². The summed E-state index contributed by atoms with van der Waals surface area (Å²) in [6.45, 7) is 14.0. The van der Waals surface area contributed by atoms with Gasteiger partial charge in [0, 0.05) is 23.7 Å². The molecule has 1 unspecified atom stereocenters. The van der Waals surface area contributed by atoms with Crippen molar-refractivity contribution in [2.24, 2.45) is 4.99 Å². The van der Waals surface area contributed by atoms with Gasteiger partial charge in [0.25, 0.3) is 0 Å². The van der Waals surface area contributed by atoms with Crippen LogP contribution in [-0.4, -0.2) is 41.2 Å². The third kappa shape index (κ3) is 5.35. The number of hydrogen-bond donors (Lipinski definition) is 0. The van der Waals surface area contributed by atoms with E-state index in [9.17, 15) is 4.79 Å². The highest BCUT2D eigenvalue weighted by Crippen LogP contribution is 2.30. The second kappa shape index (κ2) is 10.7. The first kappa shape index (κ1) is 24.5. The summed E-state index contributed by atoms with van der Waals surface area (Å²) in [4.78, 5) is 22.4. The van der Waals surface area contributed by atoms with E-state index in [1.165, 1.54) is 18.5 Å². The summed E-state index contributed by atoms with van der Waals surface area (Å²) < 4.78 is 5.82. The first-order chi connectivity index (χ1) is 16.4. The van der Waals surface area contributed by atoms with Crippen LogP contribution in [0.25, 0.3) is 16.3 Å². The molecule has 0 radical (unpaired) electrons. The highest BCUT2D eigenvalue weighted by atomic mass is 16.4. The van der Waals surface area contributed by atoms with Crippen molar-refractivity contribution >= 4 is 22.1 Å². The zero-order chi connectivity index (χ0) is 24.2. The monoisotopic (exact) mass is 461 g/mol. The number of fused-ring (bicyclic) bond motifs is 1. The van der Waals surface area contributed by atoms with Crippen LogP contribution < -0.4 is 5.63 Å². The fourth-order valence-corrected chi connectivity index (χ4v) is 5.41. The highest BCUT2D eigenvalue weighted by Gasteiger charge is 2.22. The second-order valence-corrected chi connectivity index (χ2v) is 9.95. The Kier molecular flexibility index (Phi) is 7.72. The van der Waals surface area contributed by atoms with Crippen LogP contribution in [0.2, 0.25) is 0 Å². The lowest BCUT2D eigenvalue weighted by Crippen LogP contribution is -2.35. The van der Waals surface area contributed by atoms with Gasteiger partial charge in [-0.05, 0) is 95.1 Å². The fraction of sp³-hybridized carbons (Fsp3) is 0.517. The average molecular weight is 462 g/mol. The molecule has 34 heavy (non-hydrogen) atoms. The van der Waals surface area contributed by atoms with Crippen LogP contribution >= 0.6 is 0 Å². The molecular weight excluding hydrogens is 422 g/mol. The predicted molar refractivity (Wildman–Crippen MR) is 142 cm³/mol. The van der Waals surface area contributed by atoms with E-state index in [1.54, 1.807) is 0 Å². The minimum atomic E-state index is -0.251. The topological polar surface area (TPSA) is 49.0 Å². The van der Waals surface area contributed by atoms with Crippen LogP contribution in [0.3, 0.4) is 0 Å². The molecule has 5 nitrogen and oxygen atoms in total. The van der Waals surface area contributed by atoms with Crippen LogP contribution in [0.5, 0.6) is 0 Å². The molecule has 4 rings (SSSR count). The maximum absolute atomic E-state index is 13.0. The summed E-state index contributed by atoms with van der Waals surface area (Å²) >= 11 is 0. The lowest BCUT2D eigenvalue weighted by atomic mass is 9.88. The molecule has 1 saturated heterocycles. The van der Waals surface area contributed by atoms with Crippen molar-refractivity contribution in [2.45, 2.75) is 78.7 Å². The molecule has 2 aliphatic heterocycles. The van der Waals surface area contributed by atoms with E-state index in [2.05, 4.69) is 66.2 Å². The number of hydrogen-bond acceptors (Lipinski definition) is 5. The molecule has 0 aliphatic carbocycles. The number of rotatable bonds is 7. The maximum atomic E-state index is 13.0. The quantitative estimate of drug-likeness (QED) is 0.469. The van der Waals surface area contributed by atoms with Gasteiger partial charge in [-0.1, -0.05) is 32.4 Å². The van der Waals surface area contributed by atoms with Crippen LogP contribution in [0.1, 0.15) is 84.0 Å². The predicted octanol–water partition coefficient (Wildman–Crippen LogP) is 6.55. The van der Waals surface area contributed by atoms with Gasteiger partial charge in [0.2, 0.25) is 0 Å². The summed E-state index contributed by atoms with van der Waals surface area (Å²) in [6.07, 6.45) is 9.79. The Labute approximate surface area is 203 Å². The molecule has 5 heteroatoms. The molecule has 0 N–H and O–H groups in total. The third-order valence-corrected chi connectivity index (χ3v) is 7.21. The van der Waals surface area contributed by atoms with E-state index in [1.807, 2.05) is 19.9 Å². The van der Waals surface area contributed by atoms with Gasteiger partial charge in [-0.15, -0.1) is 0 Å². The molecule has 1 atom stereocenters. The average Bonchev–Trinajstić information content (AvgIpc) is 2.82. The number of allylic oxidation sites excluding steroid dienone is 2. The van der Waals surface area contributed by atoms with E-state index in [0.29, 0.717) is 17.1 Å². The standard InChI is InChI=1S/C29H39N3O2/c1-6-8-27-22(5)30-21(4)19-32(27)18-20(3)28-17-25-10-9-24(16-26(25)29(33)34-28)23-11-14-31(13-7-2)15-12-23/h9-10,16-19,23,27H,6-8,11-15H2,1-5H3/b20-18+. The van der Waals surface area contributed by atoms with Crippen LogP contribution in [0.4, 0.5) is 0 Å². The SMILES string of the molecule is CCCC1C(C)=NC(C)=CN1/C=C(\C)c1cc2ccc(C3CCN(CCC)CC3)cc2c(=O)o1. The number of piperidine rings is 1. The smallest absolute Gasteiger partial charge is 0.344 e. The molecular formula is C29H39N3O2. The van der Waals surface area contributed by atoms with E-state index in [-0.39, 0.29) is 11.7 Å². The molecule has 2 aliphatic rings. The lowest BCUT2D eigenvalue weighted by Gasteiger charge is -2.32. The van der Waals surface area contributed by atoms with Crippen LogP contribution in [0.15, 0.2) is 56.6 Å².